The Bertz CT molecular complexity index is 1360. The lowest BCUT2D eigenvalue weighted by molar-refractivity contribution is -0.118. The predicted octanol–water partition coefficient (Wildman–Crippen LogP) is 2.45. The fourth-order valence-electron chi connectivity index (χ4n) is 3.93. The first-order chi connectivity index (χ1) is 13.8. The summed E-state index contributed by atoms with van der Waals surface area (Å²) in [5.41, 5.74) is 4.61. The lowest BCUT2D eigenvalue weighted by Crippen LogP contribution is -2.47. The van der Waals surface area contributed by atoms with E-state index in [9.17, 15) is 18.5 Å². The lowest BCUT2D eigenvalue weighted by atomic mass is 9.73. The monoisotopic (exact) mass is 471 g/mol. The molecule has 0 saturated carbocycles. The molecule has 0 aliphatic carbocycles. The molecule has 29 heavy (non-hydrogen) atoms. The minimum atomic E-state index is -4.51. The molecule has 3 heterocycles. The Morgan fingerprint density at radius 3 is 2.72 bits per heavy atom. The Labute approximate surface area is 173 Å². The molecule has 1 unspecified atom stereocenters. The van der Waals surface area contributed by atoms with Crippen molar-refractivity contribution in [1.29, 1.82) is 5.26 Å². The summed E-state index contributed by atoms with van der Waals surface area (Å²) in [7, 11) is -4.51. The fourth-order valence-corrected chi connectivity index (χ4v) is 5.81. The molecular weight excluding hydrogens is 462 g/mol. The number of nitrogens with zero attached hydrogens (tertiary/aromatic N) is 1. The molecule has 1 atom stereocenters. The fraction of sp³-hybridized carbons (Fsp3) is 0.0526. The summed E-state index contributed by atoms with van der Waals surface area (Å²) in [6, 6.07) is 13.1. The number of fused-ring (bicyclic) bond motifs is 5. The maximum absolute atomic E-state index is 13.3. The Morgan fingerprint density at radius 2 is 1.97 bits per heavy atom. The van der Waals surface area contributed by atoms with Crippen LogP contribution in [0.1, 0.15) is 11.1 Å². The van der Waals surface area contributed by atoms with Crippen LogP contribution in [0.2, 0.25) is 0 Å². The number of para-hydroxylation sites is 1. The van der Waals surface area contributed by atoms with Gasteiger partial charge in [0.25, 0.3) is 0 Å². The third-order valence-corrected chi connectivity index (χ3v) is 6.93. The third-order valence-electron chi connectivity index (χ3n) is 5.05. The average Bonchev–Trinajstić information content (AvgIpc) is 2.93. The van der Waals surface area contributed by atoms with Crippen LogP contribution in [0, 0.1) is 11.3 Å². The number of nitrogens with one attached hydrogen (secondary N) is 1. The highest BCUT2D eigenvalue weighted by molar-refractivity contribution is 9.10. The van der Waals surface area contributed by atoms with Gasteiger partial charge >= 0.3 is 10.1 Å². The summed E-state index contributed by atoms with van der Waals surface area (Å²) in [5, 5.41) is 12.5. The second-order valence-electron chi connectivity index (χ2n) is 6.54. The Morgan fingerprint density at radius 1 is 1.21 bits per heavy atom. The van der Waals surface area contributed by atoms with Crippen LogP contribution in [0.25, 0.3) is 5.76 Å². The third kappa shape index (κ3) is 2.11. The van der Waals surface area contributed by atoms with Crippen LogP contribution in [0.3, 0.4) is 0 Å². The van der Waals surface area contributed by atoms with Crippen molar-refractivity contribution in [3.63, 3.8) is 0 Å². The number of benzene rings is 2. The van der Waals surface area contributed by atoms with Gasteiger partial charge in [-0.3, -0.25) is 4.79 Å². The van der Waals surface area contributed by atoms with E-state index >= 15 is 0 Å². The summed E-state index contributed by atoms with van der Waals surface area (Å²) >= 11 is 3.34. The molecule has 1 amide bonds. The topological polar surface area (TPSA) is 132 Å². The van der Waals surface area contributed by atoms with Crippen molar-refractivity contribution in [3.05, 3.63) is 74.4 Å². The largest absolute Gasteiger partial charge is 0.438 e. The number of carbonyl (C=O) groups is 1. The zero-order chi connectivity index (χ0) is 20.6. The number of anilines is 1. The van der Waals surface area contributed by atoms with Gasteiger partial charge in [0.15, 0.2) is 21.8 Å². The highest BCUT2D eigenvalue weighted by Crippen LogP contribution is 2.57. The van der Waals surface area contributed by atoms with Gasteiger partial charge < -0.3 is 20.0 Å². The maximum atomic E-state index is 13.3. The van der Waals surface area contributed by atoms with Crippen LogP contribution in [0.15, 0.2) is 63.3 Å². The highest BCUT2D eigenvalue weighted by Gasteiger charge is 2.63. The van der Waals surface area contributed by atoms with E-state index in [0.717, 1.165) is 0 Å². The van der Waals surface area contributed by atoms with E-state index in [2.05, 4.69) is 21.2 Å². The Balaban J connectivity index is 1.99. The van der Waals surface area contributed by atoms with Crippen LogP contribution in [-0.2, 0) is 25.1 Å². The number of nitrogens with two attached hydrogens (primary N) is 1. The van der Waals surface area contributed by atoms with Crippen molar-refractivity contribution < 1.29 is 22.1 Å². The zero-order valence-corrected chi connectivity index (χ0v) is 16.8. The summed E-state index contributed by atoms with van der Waals surface area (Å²) in [5.74, 6) is -1.16. The van der Waals surface area contributed by atoms with Crippen molar-refractivity contribution in [2.75, 3.05) is 5.32 Å². The Hall–Kier alpha value is -3.29. The first-order valence-electron chi connectivity index (χ1n) is 8.29. The van der Waals surface area contributed by atoms with Gasteiger partial charge in [-0.1, -0.05) is 28.1 Å². The summed E-state index contributed by atoms with van der Waals surface area (Å²) < 4.78 is 37.9. The van der Waals surface area contributed by atoms with Crippen LogP contribution in [0.5, 0.6) is 5.75 Å². The molecule has 0 bridgehead atoms. The van der Waals surface area contributed by atoms with E-state index in [1.165, 1.54) is 6.07 Å². The van der Waals surface area contributed by atoms with Gasteiger partial charge in [-0.05, 0) is 30.3 Å². The number of nitriles is 1. The van der Waals surface area contributed by atoms with Gasteiger partial charge in [0.1, 0.15) is 11.6 Å². The van der Waals surface area contributed by atoms with Gasteiger partial charge in [0.2, 0.25) is 11.8 Å². The second kappa shape index (κ2) is 5.62. The van der Waals surface area contributed by atoms with Crippen LogP contribution in [-0.4, -0.2) is 14.3 Å². The van der Waals surface area contributed by atoms with E-state index in [4.69, 9.17) is 14.7 Å². The van der Waals surface area contributed by atoms with Crippen molar-refractivity contribution >= 4 is 43.4 Å². The average molecular weight is 472 g/mol. The van der Waals surface area contributed by atoms with Gasteiger partial charge in [0.05, 0.1) is 5.56 Å². The van der Waals surface area contributed by atoms with Crippen LogP contribution in [0.4, 0.5) is 5.69 Å². The molecule has 8 nitrogen and oxygen atoms in total. The minimum Gasteiger partial charge on any atom is -0.438 e. The molecule has 0 radical (unpaired) electrons. The summed E-state index contributed by atoms with van der Waals surface area (Å²) in [6.45, 7) is 0. The van der Waals surface area contributed by atoms with Gasteiger partial charge in [-0.2, -0.15) is 13.7 Å². The molecular formula is C19H10BrN3O5S. The van der Waals surface area contributed by atoms with Crippen molar-refractivity contribution in [2.45, 2.75) is 5.41 Å². The number of rotatable bonds is 0. The molecule has 3 N–H and O–H groups in total. The number of ether oxygens (including phenoxy) is 1. The molecule has 0 aromatic heterocycles. The van der Waals surface area contributed by atoms with Gasteiger partial charge in [0, 0.05) is 15.7 Å². The normalized spacial score (nSPS) is 23.4. The van der Waals surface area contributed by atoms with E-state index < -0.39 is 26.3 Å². The Kier molecular flexibility index (Phi) is 3.45. The first-order valence-corrected chi connectivity index (χ1v) is 10.5. The number of carbonyl (C=O) groups excluding carboxylic acids is 1. The zero-order valence-electron chi connectivity index (χ0n) is 14.4. The van der Waals surface area contributed by atoms with Crippen molar-refractivity contribution in [1.82, 2.24) is 0 Å². The lowest BCUT2D eigenvalue weighted by Gasteiger charge is -2.37. The molecule has 2 aromatic carbocycles. The van der Waals surface area contributed by atoms with Gasteiger partial charge in [-0.15, -0.1) is 0 Å². The molecule has 10 heteroatoms. The number of halogens is 1. The molecule has 1 spiro atoms. The summed E-state index contributed by atoms with van der Waals surface area (Å²) in [4.78, 5) is 12.8. The molecule has 0 fully saturated rings. The van der Waals surface area contributed by atoms with Crippen LogP contribution < -0.4 is 15.2 Å². The molecule has 2 aromatic rings. The van der Waals surface area contributed by atoms with E-state index in [1.54, 1.807) is 36.4 Å². The van der Waals surface area contributed by atoms with E-state index in [0.29, 0.717) is 15.7 Å². The minimum absolute atomic E-state index is 0.0440. The van der Waals surface area contributed by atoms with Crippen molar-refractivity contribution in [3.8, 4) is 11.8 Å². The number of hydrogen-bond donors (Lipinski definition) is 2. The van der Waals surface area contributed by atoms with E-state index in [-0.39, 0.29) is 28.5 Å². The maximum Gasteiger partial charge on any atom is 0.340 e. The number of amides is 1. The van der Waals surface area contributed by atoms with Crippen LogP contribution >= 0.6 is 15.9 Å². The second-order valence-corrected chi connectivity index (χ2v) is 8.94. The quantitative estimate of drug-likeness (QED) is 0.563. The molecule has 3 aliphatic rings. The molecule has 5 rings (SSSR count). The van der Waals surface area contributed by atoms with Crippen molar-refractivity contribution in [2.24, 2.45) is 5.73 Å². The molecule has 3 aliphatic heterocycles. The molecule has 0 saturated heterocycles. The van der Waals surface area contributed by atoms with E-state index in [1.807, 2.05) is 6.07 Å². The summed E-state index contributed by atoms with van der Waals surface area (Å²) in [6.07, 6.45) is 0. The molecule has 144 valence electrons. The predicted molar refractivity (Wildman–Crippen MR) is 105 cm³/mol. The first kappa shape index (κ1) is 17.8. The smallest absolute Gasteiger partial charge is 0.340 e. The SMILES string of the molecule is N#CC1=C(N)OC2=C(C13C(=O)Nc1ccc(Br)cc13)S(=O)(=O)Oc1ccccc12. The number of hydrogen-bond acceptors (Lipinski definition) is 7. The highest BCUT2D eigenvalue weighted by atomic mass is 79.9. The van der Waals surface area contributed by atoms with Gasteiger partial charge in [-0.25, -0.2) is 0 Å². The standard InChI is InChI=1S/C19H10BrN3O5S/c20-9-5-6-13-11(7-9)19(18(24)23-13)12(8-21)17(22)27-15-10-3-1-2-4-14(10)28-29(25,26)16(15)19/h1-7H,22H2,(H,23,24).